The number of benzene rings is 1. The second-order valence-corrected chi connectivity index (χ2v) is 9.18. The fourth-order valence-corrected chi connectivity index (χ4v) is 3.30. The molecule has 2 heterocycles. The normalized spacial score (nSPS) is 16.8. The van der Waals surface area contributed by atoms with Crippen LogP contribution in [0.25, 0.3) is 6.08 Å². The van der Waals surface area contributed by atoms with Gasteiger partial charge in [0.15, 0.2) is 0 Å². The van der Waals surface area contributed by atoms with Gasteiger partial charge in [0, 0.05) is 18.3 Å². The zero-order valence-electron chi connectivity index (χ0n) is 19.9. The van der Waals surface area contributed by atoms with Gasteiger partial charge >= 0.3 is 19.2 Å². The largest absolute Gasteiger partial charge is 0.492 e. The summed E-state index contributed by atoms with van der Waals surface area (Å²) in [6.45, 7) is 7.91. The molecule has 0 saturated carbocycles. The van der Waals surface area contributed by atoms with E-state index in [-0.39, 0.29) is 23.9 Å². The van der Waals surface area contributed by atoms with E-state index in [1.165, 1.54) is 13.3 Å². The van der Waals surface area contributed by atoms with Gasteiger partial charge in [-0.05, 0) is 44.8 Å². The van der Waals surface area contributed by atoms with E-state index in [9.17, 15) is 9.59 Å². The molecule has 1 aromatic heterocycles. The van der Waals surface area contributed by atoms with Gasteiger partial charge in [-0.1, -0.05) is 48.0 Å². The summed E-state index contributed by atoms with van der Waals surface area (Å²) in [4.78, 5) is 28.4. The SMILES string of the molecule is COC(=O)c1cnc(Cl)c(C=C(CNC(=O)OCc2ccccc2)B2OC(C)(C)C(C)(C)O2)c1. The van der Waals surface area contributed by atoms with Crippen LogP contribution in [0.1, 0.15) is 49.2 Å². The van der Waals surface area contributed by atoms with Gasteiger partial charge in [0.2, 0.25) is 0 Å². The molecule has 2 aromatic rings. The van der Waals surface area contributed by atoms with Crippen LogP contribution >= 0.6 is 11.6 Å². The summed E-state index contributed by atoms with van der Waals surface area (Å²) >= 11 is 6.29. The molecule has 180 valence electrons. The van der Waals surface area contributed by atoms with Gasteiger partial charge in [0.25, 0.3) is 0 Å². The highest BCUT2D eigenvalue weighted by Crippen LogP contribution is 2.39. The molecule has 0 spiro atoms. The number of nitrogens with zero attached hydrogens (tertiary/aromatic N) is 1. The van der Waals surface area contributed by atoms with Gasteiger partial charge < -0.3 is 24.1 Å². The van der Waals surface area contributed by atoms with E-state index in [1.807, 2.05) is 58.0 Å². The Kier molecular flexibility index (Phi) is 8.02. The highest BCUT2D eigenvalue weighted by atomic mass is 35.5. The molecule has 0 radical (unpaired) electrons. The average Bonchev–Trinajstić information content (AvgIpc) is 3.03. The molecule has 1 N–H and O–H groups in total. The number of alkyl carbamates (subject to hydrolysis) is 1. The van der Waals surface area contributed by atoms with Crippen molar-refractivity contribution in [1.82, 2.24) is 10.3 Å². The van der Waals surface area contributed by atoms with E-state index in [0.29, 0.717) is 11.0 Å². The highest BCUT2D eigenvalue weighted by Gasteiger charge is 2.52. The van der Waals surface area contributed by atoms with Crippen LogP contribution in [0.5, 0.6) is 0 Å². The van der Waals surface area contributed by atoms with Crippen molar-refractivity contribution in [3.8, 4) is 0 Å². The van der Waals surface area contributed by atoms with Crippen molar-refractivity contribution >= 4 is 36.9 Å². The number of pyridine rings is 1. The minimum Gasteiger partial charge on any atom is -0.465 e. The molecular weight excluding hydrogens is 459 g/mol. The van der Waals surface area contributed by atoms with Crippen LogP contribution in [-0.2, 0) is 25.4 Å². The van der Waals surface area contributed by atoms with Gasteiger partial charge in [-0.25, -0.2) is 14.6 Å². The smallest absolute Gasteiger partial charge is 0.465 e. The Labute approximate surface area is 204 Å². The minimum atomic E-state index is -0.766. The maximum Gasteiger partial charge on any atom is 0.492 e. The third-order valence-electron chi connectivity index (χ3n) is 5.83. The third-order valence-corrected chi connectivity index (χ3v) is 6.15. The number of hydrogen-bond donors (Lipinski definition) is 1. The molecule has 1 aliphatic rings. The summed E-state index contributed by atoms with van der Waals surface area (Å²) in [6.07, 6.45) is 2.42. The van der Waals surface area contributed by atoms with Gasteiger partial charge in [0.1, 0.15) is 11.8 Å². The molecule has 3 rings (SSSR count). The average molecular weight is 487 g/mol. The number of aromatic nitrogens is 1. The lowest BCUT2D eigenvalue weighted by molar-refractivity contribution is 0.00578. The maximum atomic E-state index is 12.4. The maximum absolute atomic E-state index is 12.4. The number of halogens is 1. The van der Waals surface area contributed by atoms with Crippen LogP contribution in [-0.4, -0.2) is 49.0 Å². The van der Waals surface area contributed by atoms with Gasteiger partial charge in [0.05, 0.1) is 23.9 Å². The monoisotopic (exact) mass is 486 g/mol. The molecular formula is C24H28BClN2O6. The van der Waals surface area contributed by atoms with Crippen molar-refractivity contribution in [3.63, 3.8) is 0 Å². The lowest BCUT2D eigenvalue weighted by Gasteiger charge is -2.32. The first-order valence-corrected chi connectivity index (χ1v) is 11.1. The van der Waals surface area contributed by atoms with Crippen molar-refractivity contribution in [3.05, 3.63) is 69.9 Å². The predicted octanol–water partition coefficient (Wildman–Crippen LogP) is 4.46. The number of amides is 1. The number of ether oxygens (including phenoxy) is 2. The zero-order valence-corrected chi connectivity index (χ0v) is 20.6. The highest BCUT2D eigenvalue weighted by molar-refractivity contribution is 6.56. The summed E-state index contributed by atoms with van der Waals surface area (Å²) in [5.74, 6) is -0.543. The Hall–Kier alpha value is -2.88. The van der Waals surface area contributed by atoms with Crippen molar-refractivity contribution in [2.45, 2.75) is 45.5 Å². The Bertz CT molecular complexity index is 1060. The molecule has 1 fully saturated rings. The Balaban J connectivity index is 1.82. The van der Waals surface area contributed by atoms with Crippen LogP contribution in [0, 0.1) is 0 Å². The first-order valence-electron chi connectivity index (χ1n) is 10.8. The van der Waals surface area contributed by atoms with Gasteiger partial charge in [-0.3, -0.25) is 0 Å². The van der Waals surface area contributed by atoms with Crippen molar-refractivity contribution in [1.29, 1.82) is 0 Å². The third kappa shape index (κ3) is 6.17. The number of hydrogen-bond acceptors (Lipinski definition) is 7. The van der Waals surface area contributed by atoms with E-state index in [2.05, 4.69) is 10.3 Å². The standard InChI is InChI=1S/C24H28BClN2O6/c1-23(2)24(3,4)34-25(33-23)19(12-17-11-18(21(29)31-5)13-27-20(17)26)14-28-22(30)32-15-16-9-7-6-8-10-16/h6-13H,14-15H2,1-5H3,(H,28,30). The number of carbonyl (C=O) groups is 2. The molecule has 1 aromatic carbocycles. The fraction of sp³-hybridized carbons (Fsp3) is 0.375. The number of nitrogens with one attached hydrogen (secondary N) is 1. The predicted molar refractivity (Wildman–Crippen MR) is 129 cm³/mol. The van der Waals surface area contributed by atoms with Crippen LogP contribution < -0.4 is 5.32 Å². The second-order valence-electron chi connectivity index (χ2n) is 8.82. The summed E-state index contributed by atoms with van der Waals surface area (Å²) in [6, 6.07) is 10.9. The number of carbonyl (C=O) groups excluding carboxylic acids is 2. The molecule has 10 heteroatoms. The first-order chi connectivity index (χ1) is 16.0. The number of esters is 1. The summed E-state index contributed by atoms with van der Waals surface area (Å²) in [5.41, 5.74) is 0.939. The van der Waals surface area contributed by atoms with Gasteiger partial charge in [-0.15, -0.1) is 0 Å². The van der Waals surface area contributed by atoms with E-state index < -0.39 is 30.4 Å². The van der Waals surface area contributed by atoms with Crippen LogP contribution in [0.4, 0.5) is 4.79 Å². The van der Waals surface area contributed by atoms with Crippen molar-refractivity contribution in [2.75, 3.05) is 13.7 Å². The molecule has 0 aliphatic carbocycles. The summed E-state index contributed by atoms with van der Waals surface area (Å²) in [7, 11) is 0.519. The first kappa shape index (κ1) is 25.7. The molecule has 8 nitrogen and oxygen atoms in total. The minimum absolute atomic E-state index is 0.0588. The van der Waals surface area contributed by atoms with E-state index in [0.717, 1.165) is 5.56 Å². The van der Waals surface area contributed by atoms with E-state index >= 15 is 0 Å². The summed E-state index contributed by atoms with van der Waals surface area (Å²) in [5, 5.41) is 2.90. The van der Waals surface area contributed by atoms with Crippen LogP contribution in [0.15, 0.2) is 48.1 Å². The van der Waals surface area contributed by atoms with E-state index in [1.54, 1.807) is 12.1 Å². The number of methoxy groups -OCH3 is 1. The molecule has 0 atom stereocenters. The number of rotatable bonds is 7. The van der Waals surface area contributed by atoms with E-state index in [4.69, 9.17) is 30.4 Å². The molecule has 0 bridgehead atoms. The van der Waals surface area contributed by atoms with Crippen molar-refractivity contribution in [2.24, 2.45) is 0 Å². The Morgan fingerprint density at radius 2 is 1.79 bits per heavy atom. The molecule has 0 unspecified atom stereocenters. The molecule has 1 amide bonds. The topological polar surface area (TPSA) is 96.0 Å². The van der Waals surface area contributed by atoms with Crippen LogP contribution in [0.3, 0.4) is 0 Å². The van der Waals surface area contributed by atoms with Gasteiger partial charge in [-0.2, -0.15) is 0 Å². The van der Waals surface area contributed by atoms with Crippen LogP contribution in [0.2, 0.25) is 5.15 Å². The molecule has 1 saturated heterocycles. The Morgan fingerprint density at radius 1 is 1.15 bits per heavy atom. The lowest BCUT2D eigenvalue weighted by atomic mass is 9.77. The molecule has 1 aliphatic heterocycles. The Morgan fingerprint density at radius 3 is 2.41 bits per heavy atom. The lowest BCUT2D eigenvalue weighted by Crippen LogP contribution is -2.41. The quantitative estimate of drug-likeness (QED) is 0.350. The molecule has 34 heavy (non-hydrogen) atoms. The second kappa shape index (κ2) is 10.6. The zero-order chi connectivity index (χ0) is 24.9. The fourth-order valence-electron chi connectivity index (χ4n) is 3.14. The summed E-state index contributed by atoms with van der Waals surface area (Å²) < 4.78 is 22.4. The van der Waals surface area contributed by atoms with Crippen molar-refractivity contribution < 1.29 is 28.4 Å².